The first kappa shape index (κ1) is 34.1. The molecule has 4 rings (SSSR count). The van der Waals surface area contributed by atoms with Gasteiger partial charge >= 0.3 is 5.97 Å². The van der Waals surface area contributed by atoms with Gasteiger partial charge in [-0.05, 0) is 41.7 Å². The molecule has 1 saturated heterocycles. The maximum Gasteiger partial charge on any atom is 0.338 e. The highest BCUT2D eigenvalue weighted by atomic mass is 32.2. The summed E-state index contributed by atoms with van der Waals surface area (Å²) in [7, 11) is 0. The van der Waals surface area contributed by atoms with Crippen LogP contribution in [0, 0.1) is 0 Å². The van der Waals surface area contributed by atoms with Gasteiger partial charge in [-0.25, -0.2) is 15.3 Å². The summed E-state index contributed by atoms with van der Waals surface area (Å²) in [5, 5.41) is 30.9. The second-order valence-corrected chi connectivity index (χ2v) is 11.8. The van der Waals surface area contributed by atoms with Gasteiger partial charge in [0.15, 0.2) is 6.29 Å². The van der Waals surface area contributed by atoms with Gasteiger partial charge in [-0.2, -0.15) is 0 Å². The number of nitrogens with zero attached hydrogens (tertiary/aromatic N) is 1. The maximum atomic E-state index is 12.3. The van der Waals surface area contributed by atoms with E-state index >= 15 is 0 Å². The molecule has 45 heavy (non-hydrogen) atoms. The Hall–Kier alpha value is -3.81. The number of amides is 2. The van der Waals surface area contributed by atoms with Gasteiger partial charge < -0.3 is 25.0 Å². The number of aromatic carboxylic acids is 1. The maximum absolute atomic E-state index is 12.3. The Kier molecular flexibility index (Phi) is 13.3. The number of hydroxylamine groups is 1. The fourth-order valence-corrected chi connectivity index (χ4v) is 5.93. The van der Waals surface area contributed by atoms with Crippen LogP contribution in [0.4, 0.5) is 0 Å². The molecule has 1 aromatic heterocycles. The third-order valence-electron chi connectivity index (χ3n) is 7.45. The third kappa shape index (κ3) is 10.6. The van der Waals surface area contributed by atoms with Crippen molar-refractivity contribution in [2.75, 3.05) is 5.75 Å². The van der Waals surface area contributed by atoms with Crippen LogP contribution in [0.15, 0.2) is 71.9 Å². The quantitative estimate of drug-likeness (QED) is 0.0619. The van der Waals surface area contributed by atoms with Gasteiger partial charge in [-0.3, -0.25) is 14.8 Å². The number of carboxylic acid groups (broad SMARTS) is 1. The van der Waals surface area contributed by atoms with Crippen molar-refractivity contribution in [2.24, 2.45) is 0 Å². The predicted molar refractivity (Wildman–Crippen MR) is 166 cm³/mol. The van der Waals surface area contributed by atoms with Crippen LogP contribution in [0.1, 0.15) is 90.0 Å². The number of thioether (sulfide) groups is 1. The van der Waals surface area contributed by atoms with E-state index in [0.717, 1.165) is 41.5 Å². The Bertz CT molecular complexity index is 1400. The van der Waals surface area contributed by atoms with E-state index in [0.29, 0.717) is 36.6 Å². The van der Waals surface area contributed by atoms with Crippen molar-refractivity contribution in [1.29, 1.82) is 0 Å². The van der Waals surface area contributed by atoms with E-state index in [2.05, 4.69) is 10.3 Å². The summed E-state index contributed by atoms with van der Waals surface area (Å²) in [4.78, 5) is 39.2. The molecule has 5 N–H and O–H groups in total. The molecule has 11 nitrogen and oxygen atoms in total. The molecular formula is C33H39N3O8S. The first-order chi connectivity index (χ1) is 21.9. The SMILES string of the molecule is O=C(CCCCCCC(=O)NCc1ccc([C@@H]2O[C@H](CSc3ncccc3C(=O)O)C[C@H](c3ccc(CO)cc3)O2)cc1)NO. The Morgan fingerprint density at radius 2 is 1.53 bits per heavy atom. The molecule has 1 aliphatic heterocycles. The van der Waals surface area contributed by atoms with Crippen LogP contribution in [-0.4, -0.2) is 50.0 Å². The van der Waals surface area contributed by atoms with Crippen molar-refractivity contribution >= 4 is 29.5 Å². The van der Waals surface area contributed by atoms with Crippen LogP contribution in [0.2, 0.25) is 0 Å². The van der Waals surface area contributed by atoms with Crippen LogP contribution in [0.25, 0.3) is 0 Å². The molecule has 0 aliphatic carbocycles. The number of ether oxygens (including phenoxy) is 2. The molecule has 2 heterocycles. The number of carbonyl (C=O) groups excluding carboxylic acids is 2. The number of aromatic nitrogens is 1. The summed E-state index contributed by atoms with van der Waals surface area (Å²) in [6, 6.07) is 18.4. The third-order valence-corrected chi connectivity index (χ3v) is 8.58. The zero-order chi connectivity index (χ0) is 32.0. The monoisotopic (exact) mass is 637 g/mol. The zero-order valence-electron chi connectivity index (χ0n) is 24.9. The van der Waals surface area contributed by atoms with Crippen molar-refractivity contribution in [3.05, 3.63) is 94.7 Å². The molecule has 2 aromatic carbocycles. The van der Waals surface area contributed by atoms with Crippen molar-refractivity contribution in [1.82, 2.24) is 15.8 Å². The van der Waals surface area contributed by atoms with E-state index in [1.807, 2.05) is 48.5 Å². The van der Waals surface area contributed by atoms with Gasteiger partial charge in [0.05, 0.1) is 24.4 Å². The number of unbranched alkanes of at least 4 members (excludes halogenated alkanes) is 3. The molecule has 2 amide bonds. The van der Waals surface area contributed by atoms with E-state index in [1.165, 1.54) is 17.8 Å². The number of hydrogen-bond donors (Lipinski definition) is 5. The number of aliphatic hydroxyl groups excluding tert-OH is 1. The van der Waals surface area contributed by atoms with Crippen molar-refractivity contribution < 1.29 is 39.3 Å². The van der Waals surface area contributed by atoms with Crippen LogP contribution in [-0.2, 0) is 32.2 Å². The number of carbonyl (C=O) groups is 3. The highest BCUT2D eigenvalue weighted by Gasteiger charge is 2.32. The summed E-state index contributed by atoms with van der Waals surface area (Å²) < 4.78 is 12.8. The first-order valence-corrected chi connectivity index (χ1v) is 15.9. The number of pyridine rings is 1. The van der Waals surface area contributed by atoms with E-state index in [9.17, 15) is 24.6 Å². The lowest BCUT2D eigenvalue weighted by Crippen LogP contribution is -2.31. The lowest BCUT2D eigenvalue weighted by molar-refractivity contribution is -0.245. The van der Waals surface area contributed by atoms with Gasteiger partial charge in [-0.15, -0.1) is 11.8 Å². The lowest BCUT2D eigenvalue weighted by Gasteiger charge is -2.36. The normalized spacial score (nSPS) is 17.9. The molecule has 1 aliphatic rings. The van der Waals surface area contributed by atoms with Gasteiger partial charge in [-0.1, -0.05) is 61.4 Å². The minimum atomic E-state index is -1.03. The predicted octanol–water partition coefficient (Wildman–Crippen LogP) is 5.07. The molecule has 0 saturated carbocycles. The molecule has 3 atom stereocenters. The Balaban J connectivity index is 1.34. The summed E-state index contributed by atoms with van der Waals surface area (Å²) >= 11 is 1.33. The smallest absolute Gasteiger partial charge is 0.338 e. The molecule has 0 unspecified atom stereocenters. The highest BCUT2D eigenvalue weighted by Crippen LogP contribution is 2.39. The van der Waals surface area contributed by atoms with Crippen LogP contribution < -0.4 is 10.8 Å². The average molecular weight is 638 g/mol. The molecule has 1 fully saturated rings. The Morgan fingerprint density at radius 3 is 2.20 bits per heavy atom. The molecule has 0 spiro atoms. The first-order valence-electron chi connectivity index (χ1n) is 15.0. The van der Waals surface area contributed by atoms with Gasteiger partial charge in [0.2, 0.25) is 11.8 Å². The fourth-order valence-electron chi connectivity index (χ4n) is 4.93. The minimum absolute atomic E-state index is 0.0412. The number of rotatable bonds is 16. The fraction of sp³-hybridized carbons (Fsp3) is 0.394. The standard InChI is InChI=1S/C33H39N3O8S/c37-20-23-11-13-24(14-12-23)28-18-26(21-45-31-27(32(40)41)6-5-17-34-31)43-33(44-28)25-15-9-22(10-16-25)19-35-29(38)7-3-1-2-4-8-30(39)36-42/h5-6,9-17,26,28,33,37,42H,1-4,7-8,18-21H2,(H,35,38)(H,36,39)(H,40,41)/t26-,28+,33+/m0/s1. The molecule has 3 aromatic rings. The lowest BCUT2D eigenvalue weighted by atomic mass is 10.0. The van der Waals surface area contributed by atoms with E-state index in [4.69, 9.17) is 14.7 Å². The van der Waals surface area contributed by atoms with Crippen molar-refractivity contribution in [3.8, 4) is 0 Å². The Morgan fingerprint density at radius 1 is 0.867 bits per heavy atom. The zero-order valence-corrected chi connectivity index (χ0v) is 25.7. The van der Waals surface area contributed by atoms with Gasteiger partial charge in [0.1, 0.15) is 5.03 Å². The van der Waals surface area contributed by atoms with Crippen LogP contribution >= 0.6 is 11.8 Å². The number of hydrogen-bond acceptors (Lipinski definition) is 9. The van der Waals surface area contributed by atoms with Crippen molar-refractivity contribution in [2.45, 2.75) is 81.6 Å². The minimum Gasteiger partial charge on any atom is -0.478 e. The van der Waals surface area contributed by atoms with Crippen LogP contribution in [0.5, 0.6) is 0 Å². The molecule has 12 heteroatoms. The summed E-state index contributed by atoms with van der Waals surface area (Å²) in [6.45, 7) is 0.338. The number of aliphatic hydroxyl groups is 1. The molecule has 0 radical (unpaired) electrons. The van der Waals surface area contributed by atoms with Gasteiger partial charge in [0, 0.05) is 43.3 Å². The number of carboxylic acids is 1. The molecular weight excluding hydrogens is 598 g/mol. The second kappa shape index (κ2) is 17.6. The average Bonchev–Trinajstić information content (AvgIpc) is 3.08. The van der Waals surface area contributed by atoms with E-state index < -0.39 is 18.2 Å². The largest absolute Gasteiger partial charge is 0.478 e. The van der Waals surface area contributed by atoms with Crippen molar-refractivity contribution in [3.63, 3.8) is 0 Å². The molecule has 240 valence electrons. The van der Waals surface area contributed by atoms with E-state index in [1.54, 1.807) is 17.7 Å². The summed E-state index contributed by atoms with van der Waals surface area (Å²) in [5.74, 6) is -0.994. The molecule has 0 bridgehead atoms. The topological polar surface area (TPSA) is 167 Å². The van der Waals surface area contributed by atoms with Crippen LogP contribution in [0.3, 0.4) is 0 Å². The summed E-state index contributed by atoms with van der Waals surface area (Å²) in [5.41, 5.74) is 5.26. The van der Waals surface area contributed by atoms with Gasteiger partial charge in [0.25, 0.3) is 0 Å². The number of benzene rings is 2. The van der Waals surface area contributed by atoms with E-state index in [-0.39, 0.29) is 36.7 Å². The Labute approximate surface area is 266 Å². The summed E-state index contributed by atoms with van der Waals surface area (Å²) in [6.07, 6.45) is 4.63. The number of nitrogens with one attached hydrogen (secondary N) is 2. The highest BCUT2D eigenvalue weighted by molar-refractivity contribution is 7.99. The second-order valence-electron chi connectivity index (χ2n) is 10.8.